The van der Waals surface area contributed by atoms with Crippen molar-refractivity contribution in [2.75, 3.05) is 13.1 Å². The van der Waals surface area contributed by atoms with Crippen molar-refractivity contribution in [2.24, 2.45) is 0 Å². The van der Waals surface area contributed by atoms with E-state index in [1.807, 2.05) is 6.20 Å². The SMILES string of the molecule is Brc1ccn2c(C3CCCCNC3)ncc2c1. The van der Waals surface area contributed by atoms with E-state index in [0.717, 1.165) is 17.6 Å². The first-order valence-corrected chi connectivity index (χ1v) is 6.97. The van der Waals surface area contributed by atoms with Crippen molar-refractivity contribution in [1.29, 1.82) is 0 Å². The highest BCUT2D eigenvalue weighted by Gasteiger charge is 2.18. The van der Waals surface area contributed by atoms with Gasteiger partial charge in [0.2, 0.25) is 0 Å². The number of hydrogen-bond donors (Lipinski definition) is 1. The third-order valence-corrected chi connectivity index (χ3v) is 3.93. The number of imidazole rings is 1. The Morgan fingerprint density at radius 1 is 1.41 bits per heavy atom. The van der Waals surface area contributed by atoms with Crippen LogP contribution in [-0.2, 0) is 0 Å². The van der Waals surface area contributed by atoms with Gasteiger partial charge in [-0.15, -0.1) is 0 Å². The molecule has 1 atom stereocenters. The predicted molar refractivity (Wildman–Crippen MR) is 72.4 cm³/mol. The summed E-state index contributed by atoms with van der Waals surface area (Å²) in [5, 5.41) is 3.50. The maximum Gasteiger partial charge on any atom is 0.117 e. The fourth-order valence-electron chi connectivity index (χ4n) is 2.53. The topological polar surface area (TPSA) is 29.3 Å². The van der Waals surface area contributed by atoms with Crippen LogP contribution in [0.4, 0.5) is 0 Å². The van der Waals surface area contributed by atoms with Gasteiger partial charge in [0.25, 0.3) is 0 Å². The van der Waals surface area contributed by atoms with E-state index < -0.39 is 0 Å². The van der Waals surface area contributed by atoms with E-state index in [1.165, 1.54) is 30.6 Å². The second kappa shape index (κ2) is 4.78. The molecule has 2 aromatic heterocycles. The zero-order chi connectivity index (χ0) is 11.7. The molecular weight excluding hydrogens is 278 g/mol. The van der Waals surface area contributed by atoms with E-state index in [4.69, 9.17) is 0 Å². The van der Waals surface area contributed by atoms with Gasteiger partial charge in [-0.25, -0.2) is 4.98 Å². The molecule has 1 fully saturated rings. The summed E-state index contributed by atoms with van der Waals surface area (Å²) >= 11 is 3.50. The summed E-state index contributed by atoms with van der Waals surface area (Å²) in [6.07, 6.45) is 7.88. The molecule has 1 unspecified atom stereocenters. The third kappa shape index (κ3) is 2.24. The lowest BCUT2D eigenvalue weighted by molar-refractivity contribution is 0.576. The number of nitrogens with one attached hydrogen (secondary N) is 1. The smallest absolute Gasteiger partial charge is 0.117 e. The van der Waals surface area contributed by atoms with Crippen LogP contribution in [0.15, 0.2) is 29.0 Å². The Morgan fingerprint density at radius 2 is 2.35 bits per heavy atom. The first-order valence-electron chi connectivity index (χ1n) is 6.18. The molecule has 0 amide bonds. The highest BCUT2D eigenvalue weighted by atomic mass is 79.9. The van der Waals surface area contributed by atoms with Crippen LogP contribution in [0.3, 0.4) is 0 Å². The molecule has 2 aromatic rings. The molecule has 0 saturated carbocycles. The van der Waals surface area contributed by atoms with Gasteiger partial charge in [-0.3, -0.25) is 0 Å². The number of fused-ring (bicyclic) bond motifs is 1. The molecule has 0 aliphatic carbocycles. The van der Waals surface area contributed by atoms with Gasteiger partial charge in [0.15, 0.2) is 0 Å². The van der Waals surface area contributed by atoms with Crippen LogP contribution in [0, 0.1) is 0 Å². The standard InChI is InChI=1S/C13H16BrN3/c14-11-4-6-17-12(7-11)9-16-13(17)10-3-1-2-5-15-8-10/h4,6-7,9-10,15H,1-3,5,8H2. The highest BCUT2D eigenvalue weighted by molar-refractivity contribution is 9.10. The van der Waals surface area contributed by atoms with Crippen molar-refractivity contribution in [1.82, 2.24) is 14.7 Å². The molecule has 17 heavy (non-hydrogen) atoms. The third-order valence-electron chi connectivity index (χ3n) is 3.43. The molecule has 0 radical (unpaired) electrons. The lowest BCUT2D eigenvalue weighted by atomic mass is 10.0. The van der Waals surface area contributed by atoms with Crippen LogP contribution >= 0.6 is 15.9 Å². The van der Waals surface area contributed by atoms with Crippen LogP contribution in [-0.4, -0.2) is 22.5 Å². The Bertz CT molecular complexity index is 512. The van der Waals surface area contributed by atoms with Gasteiger partial charge < -0.3 is 9.72 Å². The largest absolute Gasteiger partial charge is 0.316 e. The van der Waals surface area contributed by atoms with Gasteiger partial charge in [-0.1, -0.05) is 22.4 Å². The van der Waals surface area contributed by atoms with E-state index >= 15 is 0 Å². The van der Waals surface area contributed by atoms with Crippen molar-refractivity contribution in [3.63, 3.8) is 0 Å². The second-order valence-corrected chi connectivity index (χ2v) is 5.57. The average Bonchev–Trinajstić information content (AvgIpc) is 2.57. The van der Waals surface area contributed by atoms with E-state index in [0.29, 0.717) is 5.92 Å². The number of halogens is 1. The fourth-order valence-corrected chi connectivity index (χ4v) is 2.89. The quantitative estimate of drug-likeness (QED) is 0.876. The zero-order valence-corrected chi connectivity index (χ0v) is 11.3. The van der Waals surface area contributed by atoms with Crippen LogP contribution in [0.2, 0.25) is 0 Å². The summed E-state index contributed by atoms with van der Waals surface area (Å²) in [4.78, 5) is 4.60. The Balaban J connectivity index is 1.98. The molecule has 0 spiro atoms. The van der Waals surface area contributed by atoms with Crippen molar-refractivity contribution < 1.29 is 0 Å². The molecule has 1 aliphatic rings. The van der Waals surface area contributed by atoms with E-state index in [2.05, 4.69) is 49.0 Å². The second-order valence-electron chi connectivity index (χ2n) is 4.65. The van der Waals surface area contributed by atoms with Crippen LogP contribution in [0.5, 0.6) is 0 Å². The molecule has 1 aliphatic heterocycles. The molecule has 1 saturated heterocycles. The van der Waals surface area contributed by atoms with Gasteiger partial charge in [-0.05, 0) is 31.5 Å². The molecule has 0 bridgehead atoms. The normalized spacial score (nSPS) is 21.6. The molecule has 3 heterocycles. The Morgan fingerprint density at radius 3 is 3.29 bits per heavy atom. The summed E-state index contributed by atoms with van der Waals surface area (Å²) in [6.45, 7) is 2.19. The molecule has 4 heteroatoms. The first kappa shape index (κ1) is 11.2. The van der Waals surface area contributed by atoms with E-state index in [1.54, 1.807) is 0 Å². The maximum absolute atomic E-state index is 4.60. The van der Waals surface area contributed by atoms with Crippen LogP contribution in [0.25, 0.3) is 5.52 Å². The van der Waals surface area contributed by atoms with Gasteiger partial charge in [0.05, 0.1) is 11.7 Å². The summed E-state index contributed by atoms with van der Waals surface area (Å²) in [7, 11) is 0. The molecule has 3 rings (SSSR count). The number of pyridine rings is 1. The Labute approximate surface area is 109 Å². The summed E-state index contributed by atoms with van der Waals surface area (Å²) in [5.74, 6) is 1.74. The average molecular weight is 294 g/mol. The minimum Gasteiger partial charge on any atom is -0.316 e. The van der Waals surface area contributed by atoms with Crippen molar-refractivity contribution in [3.05, 3.63) is 34.8 Å². The molecule has 0 aromatic carbocycles. The van der Waals surface area contributed by atoms with Gasteiger partial charge >= 0.3 is 0 Å². The summed E-state index contributed by atoms with van der Waals surface area (Å²) in [6, 6.07) is 4.18. The minimum absolute atomic E-state index is 0.543. The molecular formula is C13H16BrN3. The monoisotopic (exact) mass is 293 g/mol. The predicted octanol–water partition coefficient (Wildman–Crippen LogP) is 2.95. The van der Waals surface area contributed by atoms with Gasteiger partial charge in [0, 0.05) is 23.1 Å². The van der Waals surface area contributed by atoms with E-state index in [-0.39, 0.29) is 0 Å². The van der Waals surface area contributed by atoms with Crippen molar-refractivity contribution in [3.8, 4) is 0 Å². The lowest BCUT2D eigenvalue weighted by Gasteiger charge is -2.13. The number of rotatable bonds is 1. The van der Waals surface area contributed by atoms with Crippen molar-refractivity contribution >= 4 is 21.4 Å². The zero-order valence-electron chi connectivity index (χ0n) is 9.69. The Kier molecular flexibility index (Phi) is 3.16. The highest BCUT2D eigenvalue weighted by Crippen LogP contribution is 2.24. The number of hydrogen-bond acceptors (Lipinski definition) is 2. The summed E-state index contributed by atoms with van der Waals surface area (Å²) < 4.78 is 3.32. The molecule has 90 valence electrons. The number of nitrogens with zero attached hydrogens (tertiary/aromatic N) is 2. The minimum atomic E-state index is 0.543. The van der Waals surface area contributed by atoms with Crippen molar-refractivity contribution in [2.45, 2.75) is 25.2 Å². The van der Waals surface area contributed by atoms with Gasteiger partial charge in [0.1, 0.15) is 5.82 Å². The van der Waals surface area contributed by atoms with Gasteiger partial charge in [-0.2, -0.15) is 0 Å². The summed E-state index contributed by atoms with van der Waals surface area (Å²) in [5.41, 5.74) is 1.17. The Hall–Kier alpha value is -0.870. The van der Waals surface area contributed by atoms with Crippen LogP contribution in [0.1, 0.15) is 31.0 Å². The molecule has 3 nitrogen and oxygen atoms in total. The lowest BCUT2D eigenvalue weighted by Crippen LogP contribution is -2.20. The number of aromatic nitrogens is 2. The van der Waals surface area contributed by atoms with E-state index in [9.17, 15) is 0 Å². The fraction of sp³-hybridized carbons (Fsp3) is 0.462. The van der Waals surface area contributed by atoms with Crippen LogP contribution < -0.4 is 5.32 Å². The molecule has 1 N–H and O–H groups in total. The first-order chi connectivity index (χ1) is 8.34. The maximum atomic E-state index is 4.60.